The molecule has 0 nitrogen and oxygen atoms in total. The van der Waals surface area contributed by atoms with Crippen molar-refractivity contribution in [2.45, 2.75) is 19.3 Å². The SMILES string of the molecule is C=CCCC[c-]1cccc1.[Fe].[cH-]1[cH-][cH-][cH-][cH-]1. The molecule has 1 heteroatoms. The maximum atomic E-state index is 3.68. The summed E-state index contributed by atoms with van der Waals surface area (Å²) in [5, 5.41) is 0. The van der Waals surface area contributed by atoms with Crippen molar-refractivity contribution in [3.63, 3.8) is 0 Å². The Bertz CT molecular complexity index is 299. The van der Waals surface area contributed by atoms with Crippen LogP contribution in [0.15, 0.2) is 67.3 Å². The van der Waals surface area contributed by atoms with Gasteiger partial charge in [-0.3, -0.25) is 0 Å². The van der Waals surface area contributed by atoms with Crippen molar-refractivity contribution < 1.29 is 17.1 Å². The minimum Gasteiger partial charge on any atom is -0.748 e. The second kappa shape index (κ2) is 10.5. The zero-order chi connectivity index (χ0) is 10.8. The van der Waals surface area contributed by atoms with Gasteiger partial charge in [-0.25, -0.2) is 12.1 Å². The third-order valence-corrected chi connectivity index (χ3v) is 2.16. The number of hydrogen-bond donors (Lipinski definition) is 0. The van der Waals surface area contributed by atoms with Gasteiger partial charge in [-0.05, 0) is 6.42 Å². The molecule has 0 heterocycles. The standard InChI is InChI=1S/C10H13.C5H5.Fe/c1-2-3-4-7-10-8-5-6-9-10;1-2-4-5-3-1;/h2,5-6,8-9H,1,3-4,7H2;1-5H;/q-1;-5;. The van der Waals surface area contributed by atoms with Gasteiger partial charge in [0.05, 0.1) is 0 Å². The first-order valence-corrected chi connectivity index (χ1v) is 5.41. The van der Waals surface area contributed by atoms with E-state index in [-0.39, 0.29) is 17.1 Å². The third kappa shape index (κ3) is 7.28. The molecule has 2 aromatic carbocycles. The second-order valence-electron chi connectivity index (χ2n) is 3.44. The number of aryl methyl sites for hydroxylation is 1. The van der Waals surface area contributed by atoms with E-state index in [1.165, 1.54) is 18.4 Å². The fourth-order valence-electron chi connectivity index (χ4n) is 1.35. The Balaban J connectivity index is 0.000000318. The van der Waals surface area contributed by atoms with Gasteiger partial charge in [-0.1, -0.05) is 18.9 Å². The number of unbranched alkanes of at least 4 members (excludes halogenated alkanes) is 1. The molecule has 0 atom stereocenters. The summed E-state index contributed by atoms with van der Waals surface area (Å²) in [5.41, 5.74) is 1.45. The molecule has 0 fully saturated rings. The fourth-order valence-corrected chi connectivity index (χ4v) is 1.35. The maximum absolute atomic E-state index is 3.68. The Labute approximate surface area is 109 Å². The van der Waals surface area contributed by atoms with E-state index in [0.717, 1.165) is 6.42 Å². The van der Waals surface area contributed by atoms with Crippen molar-refractivity contribution >= 4 is 0 Å². The predicted molar refractivity (Wildman–Crippen MR) is 67.2 cm³/mol. The van der Waals surface area contributed by atoms with Gasteiger partial charge in [0.2, 0.25) is 0 Å². The van der Waals surface area contributed by atoms with Crippen LogP contribution in [0, 0.1) is 0 Å². The summed E-state index contributed by atoms with van der Waals surface area (Å²) < 4.78 is 0. The molecule has 0 saturated heterocycles. The molecule has 2 rings (SSSR count). The first kappa shape index (κ1) is 15.0. The van der Waals surface area contributed by atoms with Crippen molar-refractivity contribution in [1.29, 1.82) is 0 Å². The van der Waals surface area contributed by atoms with E-state index in [9.17, 15) is 0 Å². The summed E-state index contributed by atoms with van der Waals surface area (Å²) in [4.78, 5) is 0. The number of rotatable bonds is 4. The summed E-state index contributed by atoms with van der Waals surface area (Å²) >= 11 is 0. The van der Waals surface area contributed by atoms with Crippen LogP contribution >= 0.6 is 0 Å². The second-order valence-corrected chi connectivity index (χ2v) is 3.44. The molecule has 0 bridgehead atoms. The molecule has 0 spiro atoms. The van der Waals surface area contributed by atoms with Gasteiger partial charge in [-0.15, -0.1) is 6.58 Å². The van der Waals surface area contributed by atoms with Crippen molar-refractivity contribution in [2.24, 2.45) is 0 Å². The first-order valence-electron chi connectivity index (χ1n) is 5.41. The molecule has 0 N–H and O–H groups in total. The zero-order valence-corrected chi connectivity index (χ0v) is 10.6. The molecule has 0 amide bonds. The topological polar surface area (TPSA) is 0 Å². The average molecular weight is 254 g/mol. The smallest absolute Gasteiger partial charge is 0 e. The van der Waals surface area contributed by atoms with Crippen molar-refractivity contribution in [3.8, 4) is 0 Å². The molecule has 0 saturated carbocycles. The quantitative estimate of drug-likeness (QED) is 0.330. The van der Waals surface area contributed by atoms with Gasteiger partial charge < -0.3 is 30.3 Å². The monoisotopic (exact) mass is 254 g/mol. The van der Waals surface area contributed by atoms with Crippen LogP contribution in [0.5, 0.6) is 0 Å². The summed E-state index contributed by atoms with van der Waals surface area (Å²) in [6, 6.07) is 18.5. The predicted octanol–water partition coefficient (Wildman–Crippen LogP) is 4.32. The van der Waals surface area contributed by atoms with E-state index in [0.29, 0.717) is 0 Å². The molecular weight excluding hydrogens is 236 g/mol. The van der Waals surface area contributed by atoms with Gasteiger partial charge in [-0.2, -0.15) is 17.7 Å². The fraction of sp³-hybridized carbons (Fsp3) is 0.200. The Morgan fingerprint density at radius 3 is 1.94 bits per heavy atom. The molecular formula is C15H18Fe-6. The number of hydrogen-bond acceptors (Lipinski definition) is 0. The Kier molecular flexibility index (Phi) is 9.80. The normalized spacial score (nSPS) is 8.50. The largest absolute Gasteiger partial charge is 0.748 e. The van der Waals surface area contributed by atoms with Gasteiger partial charge in [0.15, 0.2) is 0 Å². The summed E-state index contributed by atoms with van der Waals surface area (Å²) in [6.07, 6.45) is 5.53. The van der Waals surface area contributed by atoms with Crippen LogP contribution in [0.3, 0.4) is 0 Å². The molecule has 0 aliphatic carbocycles. The number of allylic oxidation sites excluding steroid dienone is 1. The van der Waals surface area contributed by atoms with Crippen LogP contribution in [0.25, 0.3) is 0 Å². The minimum atomic E-state index is 0. The van der Waals surface area contributed by atoms with Crippen LogP contribution in [0.4, 0.5) is 0 Å². The van der Waals surface area contributed by atoms with Crippen LogP contribution in [0.1, 0.15) is 18.4 Å². The van der Waals surface area contributed by atoms with Gasteiger partial charge in [0.1, 0.15) is 0 Å². The van der Waals surface area contributed by atoms with Crippen LogP contribution < -0.4 is 0 Å². The molecule has 0 aliphatic rings. The van der Waals surface area contributed by atoms with Crippen molar-refractivity contribution in [1.82, 2.24) is 0 Å². The molecule has 2 aromatic rings. The van der Waals surface area contributed by atoms with Crippen LogP contribution in [0.2, 0.25) is 0 Å². The van der Waals surface area contributed by atoms with Gasteiger partial charge >= 0.3 is 0 Å². The summed E-state index contributed by atoms with van der Waals surface area (Å²) in [7, 11) is 0. The molecule has 0 unspecified atom stereocenters. The molecule has 0 radical (unpaired) electrons. The van der Waals surface area contributed by atoms with Crippen molar-refractivity contribution in [2.75, 3.05) is 0 Å². The van der Waals surface area contributed by atoms with E-state index in [1.807, 2.05) is 36.4 Å². The Hall–Kier alpha value is -1.04. The van der Waals surface area contributed by atoms with E-state index < -0.39 is 0 Å². The van der Waals surface area contributed by atoms with E-state index in [1.54, 1.807) is 0 Å². The Morgan fingerprint density at radius 1 is 1.00 bits per heavy atom. The molecule has 0 aromatic heterocycles. The van der Waals surface area contributed by atoms with Gasteiger partial charge in [0, 0.05) is 17.1 Å². The Morgan fingerprint density at radius 2 is 1.50 bits per heavy atom. The maximum Gasteiger partial charge on any atom is 0 e. The molecule has 0 aliphatic heterocycles. The van der Waals surface area contributed by atoms with Crippen LogP contribution in [-0.4, -0.2) is 0 Å². The van der Waals surface area contributed by atoms with E-state index in [4.69, 9.17) is 0 Å². The third-order valence-electron chi connectivity index (χ3n) is 2.16. The first-order chi connectivity index (χ1) is 7.43. The molecule has 92 valence electrons. The van der Waals surface area contributed by atoms with Gasteiger partial charge in [0.25, 0.3) is 0 Å². The van der Waals surface area contributed by atoms with Crippen LogP contribution in [-0.2, 0) is 23.5 Å². The van der Waals surface area contributed by atoms with E-state index >= 15 is 0 Å². The molecule has 16 heavy (non-hydrogen) atoms. The summed E-state index contributed by atoms with van der Waals surface area (Å²) in [6.45, 7) is 3.68. The minimum absolute atomic E-state index is 0. The zero-order valence-electron chi connectivity index (χ0n) is 9.46. The summed E-state index contributed by atoms with van der Waals surface area (Å²) in [5.74, 6) is 0. The van der Waals surface area contributed by atoms with E-state index in [2.05, 4.69) is 30.8 Å². The van der Waals surface area contributed by atoms with Crippen molar-refractivity contribution in [3.05, 3.63) is 72.8 Å². The average Bonchev–Trinajstić information content (AvgIpc) is 2.94.